The van der Waals surface area contributed by atoms with Crippen LogP contribution in [0.4, 0.5) is 18.9 Å². The van der Waals surface area contributed by atoms with E-state index < -0.39 is 11.7 Å². The zero-order valence-corrected chi connectivity index (χ0v) is 10.9. The van der Waals surface area contributed by atoms with E-state index in [0.717, 1.165) is 30.9 Å². The van der Waals surface area contributed by atoms with Gasteiger partial charge in [0.2, 0.25) is 0 Å². The van der Waals surface area contributed by atoms with E-state index in [9.17, 15) is 13.2 Å². The van der Waals surface area contributed by atoms with Gasteiger partial charge in [0.15, 0.2) is 0 Å². The van der Waals surface area contributed by atoms with Gasteiger partial charge in [0.1, 0.15) is 0 Å². The molecule has 4 N–H and O–H groups in total. The number of benzene rings is 1. The van der Waals surface area contributed by atoms with Crippen molar-refractivity contribution in [3.63, 3.8) is 0 Å². The summed E-state index contributed by atoms with van der Waals surface area (Å²) >= 11 is 0. The number of nitrogen functional groups attached to an aromatic ring is 1. The highest BCUT2D eigenvalue weighted by molar-refractivity contribution is 5.51. The van der Waals surface area contributed by atoms with Gasteiger partial charge in [-0.25, -0.2) is 0 Å². The summed E-state index contributed by atoms with van der Waals surface area (Å²) in [6, 6.07) is 4.19. The number of nitrogens with two attached hydrogens (primary N) is 2. The monoisotopic (exact) mass is 272 g/mol. The number of rotatable bonds is 1. The normalized spacial score (nSPS) is 28.4. The molecule has 2 rings (SSSR count). The van der Waals surface area contributed by atoms with Gasteiger partial charge in [-0.15, -0.1) is 0 Å². The maximum atomic E-state index is 12.6. The van der Waals surface area contributed by atoms with Gasteiger partial charge in [0.25, 0.3) is 0 Å². The van der Waals surface area contributed by atoms with E-state index in [1.807, 2.05) is 0 Å². The molecule has 106 valence electrons. The predicted molar refractivity (Wildman–Crippen MR) is 69.6 cm³/mol. The van der Waals surface area contributed by atoms with Crippen molar-refractivity contribution in [2.45, 2.75) is 44.3 Å². The number of anilines is 1. The molecule has 19 heavy (non-hydrogen) atoms. The highest BCUT2D eigenvalue weighted by atomic mass is 19.4. The van der Waals surface area contributed by atoms with Gasteiger partial charge in [-0.1, -0.05) is 13.0 Å². The van der Waals surface area contributed by atoms with Gasteiger partial charge in [-0.05, 0) is 48.8 Å². The molecule has 0 radical (unpaired) electrons. The molecule has 0 heterocycles. The van der Waals surface area contributed by atoms with Crippen LogP contribution in [0.3, 0.4) is 0 Å². The van der Waals surface area contributed by atoms with Crippen LogP contribution in [0.25, 0.3) is 0 Å². The third-order valence-corrected chi connectivity index (χ3v) is 3.83. The zero-order chi connectivity index (χ0) is 14.2. The Balaban J connectivity index is 2.25. The zero-order valence-electron chi connectivity index (χ0n) is 10.9. The first-order valence-corrected chi connectivity index (χ1v) is 6.49. The van der Waals surface area contributed by atoms with Gasteiger partial charge in [0, 0.05) is 11.7 Å². The number of hydrogen-bond donors (Lipinski definition) is 2. The first-order valence-electron chi connectivity index (χ1n) is 6.49. The minimum absolute atomic E-state index is 0.122. The Labute approximate surface area is 111 Å². The molecule has 0 aromatic heterocycles. The van der Waals surface area contributed by atoms with Crippen LogP contribution in [0, 0.1) is 5.92 Å². The molecule has 5 heteroatoms. The molecule has 3 unspecified atom stereocenters. The SMILES string of the molecule is CC1CC(N)CC(c2ccc(C(F)(F)F)c(N)c2)C1. The summed E-state index contributed by atoms with van der Waals surface area (Å²) in [5.74, 6) is 0.709. The molecule has 1 aromatic carbocycles. The van der Waals surface area contributed by atoms with E-state index in [0.29, 0.717) is 5.92 Å². The second kappa shape index (κ2) is 5.04. The molecule has 1 aliphatic carbocycles. The van der Waals surface area contributed by atoms with Crippen LogP contribution in [0.5, 0.6) is 0 Å². The molecular weight excluding hydrogens is 253 g/mol. The third kappa shape index (κ3) is 3.21. The largest absolute Gasteiger partial charge is 0.418 e. The summed E-state index contributed by atoms with van der Waals surface area (Å²) in [5, 5.41) is 0. The standard InChI is InChI=1S/C14H19F3N2/c1-8-4-10(6-11(18)5-8)9-2-3-12(13(19)7-9)14(15,16)17/h2-3,7-8,10-11H,4-6,18-19H2,1H3. The molecule has 0 bridgehead atoms. The molecule has 2 nitrogen and oxygen atoms in total. The summed E-state index contributed by atoms with van der Waals surface area (Å²) in [6.45, 7) is 2.12. The summed E-state index contributed by atoms with van der Waals surface area (Å²) in [7, 11) is 0. The van der Waals surface area contributed by atoms with Crippen molar-refractivity contribution < 1.29 is 13.2 Å². The van der Waals surface area contributed by atoms with Gasteiger partial charge in [-0.3, -0.25) is 0 Å². The highest BCUT2D eigenvalue weighted by Gasteiger charge is 2.33. The lowest BCUT2D eigenvalue weighted by atomic mass is 9.76. The molecule has 1 fully saturated rings. The van der Waals surface area contributed by atoms with Crippen molar-refractivity contribution in [1.29, 1.82) is 0 Å². The molecule has 0 amide bonds. The Morgan fingerprint density at radius 2 is 1.84 bits per heavy atom. The van der Waals surface area contributed by atoms with E-state index in [2.05, 4.69) is 6.92 Å². The summed E-state index contributed by atoms with van der Waals surface area (Å²) in [4.78, 5) is 0. The second-order valence-electron chi connectivity index (χ2n) is 5.61. The van der Waals surface area contributed by atoms with Crippen molar-refractivity contribution in [3.05, 3.63) is 29.3 Å². The molecule has 0 aliphatic heterocycles. The maximum Gasteiger partial charge on any atom is 0.418 e. The minimum Gasteiger partial charge on any atom is -0.398 e. The van der Waals surface area contributed by atoms with E-state index in [-0.39, 0.29) is 17.6 Å². The number of alkyl halides is 3. The average molecular weight is 272 g/mol. The predicted octanol–water partition coefficient (Wildman–Crippen LogP) is 3.52. The minimum atomic E-state index is -4.39. The maximum absolute atomic E-state index is 12.6. The first kappa shape index (κ1) is 14.2. The van der Waals surface area contributed by atoms with E-state index in [1.165, 1.54) is 12.1 Å². The second-order valence-corrected chi connectivity index (χ2v) is 5.61. The molecule has 0 spiro atoms. The van der Waals surface area contributed by atoms with Crippen LogP contribution in [-0.4, -0.2) is 6.04 Å². The lowest BCUT2D eigenvalue weighted by Crippen LogP contribution is -2.31. The molecule has 3 atom stereocenters. The quantitative estimate of drug-likeness (QED) is 0.768. The molecule has 1 saturated carbocycles. The molecular formula is C14H19F3N2. The molecule has 0 saturated heterocycles. The fourth-order valence-electron chi connectivity index (χ4n) is 3.02. The molecule has 1 aliphatic rings. The Morgan fingerprint density at radius 3 is 2.37 bits per heavy atom. The summed E-state index contributed by atoms with van der Waals surface area (Å²) < 4.78 is 37.9. The van der Waals surface area contributed by atoms with E-state index >= 15 is 0 Å². The highest BCUT2D eigenvalue weighted by Crippen LogP contribution is 2.39. The van der Waals surface area contributed by atoms with Gasteiger partial charge in [0.05, 0.1) is 5.56 Å². The Morgan fingerprint density at radius 1 is 1.16 bits per heavy atom. The lowest BCUT2D eigenvalue weighted by Gasteiger charge is -2.31. The van der Waals surface area contributed by atoms with Crippen molar-refractivity contribution >= 4 is 5.69 Å². The van der Waals surface area contributed by atoms with Crippen molar-refractivity contribution in [2.75, 3.05) is 5.73 Å². The van der Waals surface area contributed by atoms with Crippen LogP contribution in [0.15, 0.2) is 18.2 Å². The summed E-state index contributed by atoms with van der Waals surface area (Å²) in [5.41, 5.74) is 11.4. The third-order valence-electron chi connectivity index (χ3n) is 3.83. The van der Waals surface area contributed by atoms with E-state index in [4.69, 9.17) is 11.5 Å². The Kier molecular flexibility index (Phi) is 3.76. The average Bonchev–Trinajstić information content (AvgIpc) is 2.25. The fourth-order valence-corrected chi connectivity index (χ4v) is 3.02. The topological polar surface area (TPSA) is 52.0 Å². The van der Waals surface area contributed by atoms with Crippen molar-refractivity contribution in [3.8, 4) is 0 Å². The van der Waals surface area contributed by atoms with E-state index in [1.54, 1.807) is 0 Å². The van der Waals surface area contributed by atoms with Crippen LogP contribution in [-0.2, 0) is 6.18 Å². The number of hydrogen-bond acceptors (Lipinski definition) is 2. The van der Waals surface area contributed by atoms with Gasteiger partial charge >= 0.3 is 6.18 Å². The lowest BCUT2D eigenvalue weighted by molar-refractivity contribution is -0.136. The van der Waals surface area contributed by atoms with Crippen molar-refractivity contribution in [2.24, 2.45) is 11.7 Å². The van der Waals surface area contributed by atoms with Crippen molar-refractivity contribution in [1.82, 2.24) is 0 Å². The Hall–Kier alpha value is -1.23. The van der Waals surface area contributed by atoms with Crippen LogP contribution in [0.2, 0.25) is 0 Å². The molecule has 1 aromatic rings. The fraction of sp³-hybridized carbons (Fsp3) is 0.571. The Bertz CT molecular complexity index is 446. The van der Waals surface area contributed by atoms with Gasteiger partial charge < -0.3 is 11.5 Å². The number of halogens is 3. The first-order chi connectivity index (χ1) is 8.77. The van der Waals surface area contributed by atoms with Crippen LogP contribution in [0.1, 0.15) is 43.2 Å². The van der Waals surface area contributed by atoms with Crippen LogP contribution >= 0.6 is 0 Å². The smallest absolute Gasteiger partial charge is 0.398 e. The van der Waals surface area contributed by atoms with Gasteiger partial charge in [-0.2, -0.15) is 13.2 Å². The summed E-state index contributed by atoms with van der Waals surface area (Å²) in [6.07, 6.45) is -1.64. The van der Waals surface area contributed by atoms with Crippen LogP contribution < -0.4 is 11.5 Å².